The van der Waals surface area contributed by atoms with Gasteiger partial charge in [0.15, 0.2) is 11.5 Å². The summed E-state index contributed by atoms with van der Waals surface area (Å²) in [5, 5.41) is 10.5. The van der Waals surface area contributed by atoms with Crippen LogP contribution in [0.1, 0.15) is 31.0 Å². The summed E-state index contributed by atoms with van der Waals surface area (Å²) in [6.07, 6.45) is 1.44. The minimum Gasteiger partial charge on any atom is -0.490 e. The highest BCUT2D eigenvalue weighted by Gasteiger charge is 2.34. The van der Waals surface area contributed by atoms with Crippen LogP contribution >= 0.6 is 0 Å². The number of nitrogens with zero attached hydrogens (tertiary/aromatic N) is 3. The number of hydrogen-bond acceptors (Lipinski definition) is 6. The Kier molecular flexibility index (Phi) is 6.85. The van der Waals surface area contributed by atoms with E-state index in [1.165, 1.54) is 12.4 Å². The summed E-state index contributed by atoms with van der Waals surface area (Å²) >= 11 is 0. The van der Waals surface area contributed by atoms with Crippen molar-refractivity contribution in [2.75, 3.05) is 17.2 Å². The molecule has 1 atom stereocenters. The van der Waals surface area contributed by atoms with Gasteiger partial charge in [0, 0.05) is 16.9 Å². The van der Waals surface area contributed by atoms with Crippen LogP contribution < -0.4 is 20.1 Å². The smallest absolute Gasteiger partial charge is 0.255 e. The second-order valence-corrected chi connectivity index (χ2v) is 8.43. The lowest BCUT2D eigenvalue weighted by atomic mass is 9.94. The lowest BCUT2D eigenvalue weighted by Crippen LogP contribution is -2.31. The van der Waals surface area contributed by atoms with Gasteiger partial charge in [0.2, 0.25) is 5.95 Å². The van der Waals surface area contributed by atoms with E-state index in [0.29, 0.717) is 46.6 Å². The summed E-state index contributed by atoms with van der Waals surface area (Å²) < 4.78 is 27.6. The molecule has 37 heavy (non-hydrogen) atoms. The van der Waals surface area contributed by atoms with Crippen LogP contribution in [0.2, 0.25) is 0 Å². The van der Waals surface area contributed by atoms with Gasteiger partial charge in [-0.15, -0.1) is 0 Å². The molecule has 0 unspecified atom stereocenters. The third-order valence-corrected chi connectivity index (χ3v) is 6.00. The highest BCUT2D eigenvalue weighted by atomic mass is 19.1. The number of allylic oxidation sites excluding steroid dienone is 1. The number of ether oxygens (including phenoxy) is 2. The summed E-state index contributed by atoms with van der Waals surface area (Å²) in [6, 6.07) is 20.6. The van der Waals surface area contributed by atoms with E-state index < -0.39 is 6.04 Å². The number of aromatic nitrogens is 3. The van der Waals surface area contributed by atoms with Crippen molar-refractivity contribution in [1.82, 2.24) is 14.8 Å². The maximum Gasteiger partial charge on any atom is 0.255 e. The third kappa shape index (κ3) is 5.02. The van der Waals surface area contributed by atoms with E-state index in [1.807, 2.05) is 56.3 Å². The topological polar surface area (TPSA) is 90.3 Å². The van der Waals surface area contributed by atoms with E-state index in [2.05, 4.69) is 20.7 Å². The maximum atomic E-state index is 14.1. The number of benzene rings is 3. The van der Waals surface area contributed by atoms with Gasteiger partial charge in [0.1, 0.15) is 24.8 Å². The van der Waals surface area contributed by atoms with Crippen molar-refractivity contribution in [3.63, 3.8) is 0 Å². The zero-order chi connectivity index (χ0) is 25.8. The van der Waals surface area contributed by atoms with Crippen molar-refractivity contribution in [3.05, 3.63) is 107 Å². The van der Waals surface area contributed by atoms with Crippen LogP contribution in [-0.4, -0.2) is 27.3 Å². The Balaban J connectivity index is 1.50. The molecule has 0 saturated carbocycles. The molecule has 9 heteroatoms. The molecule has 0 saturated heterocycles. The van der Waals surface area contributed by atoms with Crippen molar-refractivity contribution in [1.29, 1.82) is 0 Å². The molecule has 0 spiro atoms. The number of anilines is 2. The number of nitrogens with one attached hydrogen (secondary N) is 2. The van der Waals surface area contributed by atoms with Crippen LogP contribution in [0.3, 0.4) is 0 Å². The fourth-order valence-corrected chi connectivity index (χ4v) is 4.27. The SMILES string of the molecule is CCOc1cc([C@H]2C(C(=O)Nc3ccccc3)=C(C)Nc3ncnn32)ccc1OCc1ccccc1F. The van der Waals surface area contributed by atoms with Crippen molar-refractivity contribution < 1.29 is 18.7 Å². The normalized spacial score (nSPS) is 14.5. The van der Waals surface area contributed by atoms with Crippen LogP contribution in [0.4, 0.5) is 16.0 Å². The molecule has 3 aromatic carbocycles. The summed E-state index contributed by atoms with van der Waals surface area (Å²) in [6.45, 7) is 4.16. The number of halogens is 1. The molecule has 0 fully saturated rings. The number of carbonyl (C=O) groups excluding carboxylic acids is 1. The number of carbonyl (C=O) groups is 1. The fraction of sp³-hybridized carbons (Fsp3) is 0.179. The molecule has 1 aliphatic rings. The van der Waals surface area contributed by atoms with E-state index in [4.69, 9.17) is 9.47 Å². The number of hydrogen-bond donors (Lipinski definition) is 2. The van der Waals surface area contributed by atoms with Gasteiger partial charge >= 0.3 is 0 Å². The van der Waals surface area contributed by atoms with Gasteiger partial charge in [0.05, 0.1) is 12.2 Å². The van der Waals surface area contributed by atoms with Gasteiger partial charge in [-0.25, -0.2) is 9.07 Å². The zero-order valence-electron chi connectivity index (χ0n) is 20.4. The molecular weight excluding hydrogens is 473 g/mol. The molecule has 5 rings (SSSR count). The second kappa shape index (κ2) is 10.5. The summed E-state index contributed by atoms with van der Waals surface area (Å²) in [4.78, 5) is 17.8. The van der Waals surface area contributed by atoms with E-state index in [0.717, 1.165) is 5.56 Å². The Hall–Kier alpha value is -4.66. The van der Waals surface area contributed by atoms with Gasteiger partial charge in [-0.1, -0.05) is 42.5 Å². The number of para-hydroxylation sites is 1. The number of rotatable bonds is 8. The van der Waals surface area contributed by atoms with Crippen LogP contribution in [0.15, 0.2) is 90.4 Å². The Morgan fingerprint density at radius 1 is 1.05 bits per heavy atom. The molecule has 8 nitrogen and oxygen atoms in total. The highest BCUT2D eigenvalue weighted by Crippen LogP contribution is 2.39. The number of amides is 1. The van der Waals surface area contributed by atoms with E-state index in [9.17, 15) is 9.18 Å². The first kappa shape index (κ1) is 24.1. The van der Waals surface area contributed by atoms with Crippen molar-refractivity contribution in [3.8, 4) is 11.5 Å². The van der Waals surface area contributed by atoms with Crippen molar-refractivity contribution >= 4 is 17.5 Å². The van der Waals surface area contributed by atoms with E-state index >= 15 is 0 Å². The predicted octanol–water partition coefficient (Wildman–Crippen LogP) is 5.32. The van der Waals surface area contributed by atoms with Gasteiger partial charge < -0.3 is 20.1 Å². The molecule has 2 heterocycles. The van der Waals surface area contributed by atoms with Gasteiger partial charge in [0.25, 0.3) is 5.91 Å². The minimum atomic E-state index is -0.567. The van der Waals surface area contributed by atoms with Crippen molar-refractivity contribution in [2.45, 2.75) is 26.5 Å². The Bertz CT molecular complexity index is 1450. The summed E-state index contributed by atoms with van der Waals surface area (Å²) in [7, 11) is 0. The average Bonchev–Trinajstić information content (AvgIpc) is 3.36. The zero-order valence-corrected chi connectivity index (χ0v) is 20.4. The molecule has 4 aromatic rings. The Morgan fingerprint density at radius 2 is 1.84 bits per heavy atom. The molecule has 0 aliphatic carbocycles. The third-order valence-electron chi connectivity index (χ3n) is 6.00. The van der Waals surface area contributed by atoms with Gasteiger partial charge in [-0.05, 0) is 49.7 Å². The first-order chi connectivity index (χ1) is 18.0. The van der Waals surface area contributed by atoms with Gasteiger partial charge in [-0.3, -0.25) is 4.79 Å². The first-order valence-corrected chi connectivity index (χ1v) is 11.9. The lowest BCUT2D eigenvalue weighted by molar-refractivity contribution is -0.113. The summed E-state index contributed by atoms with van der Waals surface area (Å²) in [5.74, 6) is 0.881. The molecule has 0 bridgehead atoms. The molecule has 1 aromatic heterocycles. The molecule has 2 N–H and O–H groups in total. The standard InChI is InChI=1S/C28H26FN5O3/c1-3-36-24-15-19(13-14-23(24)37-16-20-9-7-8-12-22(20)29)26-25(18(2)32-28-30-17-31-34(26)28)27(35)33-21-10-5-4-6-11-21/h4-15,17,26H,3,16H2,1-2H3,(H,33,35)(H,30,31,32)/t26-/m0/s1. The van der Waals surface area contributed by atoms with Crippen molar-refractivity contribution in [2.24, 2.45) is 0 Å². The molecule has 188 valence electrons. The largest absolute Gasteiger partial charge is 0.490 e. The van der Waals surface area contributed by atoms with Crippen LogP contribution in [0.25, 0.3) is 0 Å². The fourth-order valence-electron chi connectivity index (χ4n) is 4.27. The molecule has 1 aliphatic heterocycles. The summed E-state index contributed by atoms with van der Waals surface area (Å²) in [5.41, 5.74) is 3.04. The monoisotopic (exact) mass is 499 g/mol. The van der Waals surface area contributed by atoms with Crippen LogP contribution in [0, 0.1) is 5.82 Å². The molecule has 0 radical (unpaired) electrons. The molecule has 1 amide bonds. The maximum absolute atomic E-state index is 14.1. The average molecular weight is 500 g/mol. The Morgan fingerprint density at radius 3 is 2.62 bits per heavy atom. The predicted molar refractivity (Wildman–Crippen MR) is 138 cm³/mol. The van der Waals surface area contributed by atoms with E-state index in [1.54, 1.807) is 28.9 Å². The van der Waals surface area contributed by atoms with Gasteiger partial charge in [-0.2, -0.15) is 10.1 Å². The second-order valence-electron chi connectivity index (χ2n) is 8.43. The van der Waals surface area contributed by atoms with E-state index in [-0.39, 0.29) is 18.3 Å². The molecular formula is C28H26FN5O3. The first-order valence-electron chi connectivity index (χ1n) is 11.9. The number of fused-ring (bicyclic) bond motifs is 1. The van der Waals surface area contributed by atoms with Crippen LogP contribution in [0.5, 0.6) is 11.5 Å². The minimum absolute atomic E-state index is 0.0520. The quantitative estimate of drug-likeness (QED) is 0.341. The Labute approximate surface area is 213 Å². The lowest BCUT2D eigenvalue weighted by Gasteiger charge is -2.29. The van der Waals surface area contributed by atoms with Crippen LogP contribution in [-0.2, 0) is 11.4 Å². The highest BCUT2D eigenvalue weighted by molar-refractivity contribution is 6.06.